The fourth-order valence-corrected chi connectivity index (χ4v) is 1.89. The second-order valence-electron chi connectivity index (χ2n) is 3.83. The highest BCUT2D eigenvalue weighted by Gasteiger charge is 2.06. The lowest BCUT2D eigenvalue weighted by Crippen LogP contribution is -2.10. The predicted octanol–water partition coefficient (Wildman–Crippen LogP) is 3.27. The zero-order valence-electron chi connectivity index (χ0n) is 10.7. The molecule has 0 N–H and O–H groups in total. The predicted molar refractivity (Wildman–Crippen MR) is 73.6 cm³/mol. The average molecular weight is 273 g/mol. The molecule has 7 nitrogen and oxygen atoms in total. The van der Waals surface area contributed by atoms with E-state index in [1.807, 2.05) is 19.0 Å². The van der Waals surface area contributed by atoms with Gasteiger partial charge in [0.2, 0.25) is 5.13 Å². The first-order valence-corrected chi connectivity index (χ1v) is 6.18. The number of hydrogen-bond donors (Lipinski definition) is 0. The third kappa shape index (κ3) is 3.08. The number of aryl methyl sites for hydroxylation is 1. The van der Waals surface area contributed by atoms with E-state index in [-0.39, 0.29) is 0 Å². The standard InChI is InChI=1S/C11H11N7S/c1-7-10(12-2)19-11(15-7)17-16-8-5-14-9(6-13-8)18(3)4/h5-6H,1,3-4H3. The lowest BCUT2D eigenvalue weighted by Gasteiger charge is -2.08. The molecule has 0 spiro atoms. The molecule has 0 saturated carbocycles. The number of anilines is 1. The molecule has 0 unspecified atom stereocenters. The Bertz CT molecular complexity index is 636. The maximum absolute atomic E-state index is 6.95. The molecule has 2 aromatic rings. The molecule has 0 saturated heterocycles. The molecule has 0 fully saturated rings. The summed E-state index contributed by atoms with van der Waals surface area (Å²) < 4.78 is 0. The summed E-state index contributed by atoms with van der Waals surface area (Å²) in [6, 6.07) is 0. The van der Waals surface area contributed by atoms with Gasteiger partial charge >= 0.3 is 0 Å². The van der Waals surface area contributed by atoms with Crippen LogP contribution in [0.25, 0.3) is 4.85 Å². The summed E-state index contributed by atoms with van der Waals surface area (Å²) in [5, 5.41) is 8.87. The highest BCUT2D eigenvalue weighted by atomic mass is 32.1. The molecule has 0 aliphatic heterocycles. The van der Waals surface area contributed by atoms with E-state index in [4.69, 9.17) is 6.57 Å². The molecule has 8 heteroatoms. The Hall–Kier alpha value is -2.40. The van der Waals surface area contributed by atoms with Crippen molar-refractivity contribution in [3.05, 3.63) is 29.5 Å². The lowest BCUT2D eigenvalue weighted by molar-refractivity contribution is 1.02. The van der Waals surface area contributed by atoms with Crippen LogP contribution in [0.2, 0.25) is 0 Å². The minimum atomic E-state index is 0.405. The number of hydrogen-bond acceptors (Lipinski definition) is 7. The van der Waals surface area contributed by atoms with Crippen molar-refractivity contribution in [2.75, 3.05) is 19.0 Å². The van der Waals surface area contributed by atoms with E-state index >= 15 is 0 Å². The van der Waals surface area contributed by atoms with E-state index in [9.17, 15) is 0 Å². The van der Waals surface area contributed by atoms with E-state index in [2.05, 4.69) is 30.0 Å². The van der Waals surface area contributed by atoms with Gasteiger partial charge in [-0.2, -0.15) is 0 Å². The highest BCUT2D eigenvalue weighted by molar-refractivity contribution is 7.19. The van der Waals surface area contributed by atoms with Crippen LogP contribution in [0.3, 0.4) is 0 Å². The number of thiazole rings is 1. The molecule has 0 aliphatic carbocycles. The van der Waals surface area contributed by atoms with Gasteiger partial charge in [-0.3, -0.25) is 0 Å². The Balaban J connectivity index is 2.16. The van der Waals surface area contributed by atoms with Gasteiger partial charge in [0.25, 0.3) is 5.00 Å². The molecule has 0 atom stereocenters. The van der Waals surface area contributed by atoms with E-state index < -0.39 is 0 Å². The second kappa shape index (κ2) is 5.49. The highest BCUT2D eigenvalue weighted by Crippen LogP contribution is 2.32. The summed E-state index contributed by atoms with van der Waals surface area (Å²) in [6.07, 6.45) is 3.15. The Morgan fingerprint density at radius 2 is 2.05 bits per heavy atom. The minimum Gasteiger partial charge on any atom is -0.361 e. The topological polar surface area (TPSA) is 71.0 Å². The summed E-state index contributed by atoms with van der Waals surface area (Å²) in [7, 11) is 3.77. The van der Waals surface area contributed by atoms with Gasteiger partial charge in [0.05, 0.1) is 24.7 Å². The molecule has 2 heterocycles. The first-order valence-electron chi connectivity index (χ1n) is 5.36. The molecular formula is C11H11N7S. The normalized spacial score (nSPS) is 10.6. The van der Waals surface area contributed by atoms with Crippen LogP contribution in [0.15, 0.2) is 22.6 Å². The van der Waals surface area contributed by atoms with Gasteiger partial charge in [-0.15, -0.1) is 21.6 Å². The molecular weight excluding hydrogens is 262 g/mol. The van der Waals surface area contributed by atoms with Crippen molar-refractivity contribution in [1.82, 2.24) is 15.0 Å². The van der Waals surface area contributed by atoms with E-state index in [1.54, 1.807) is 13.1 Å². The molecule has 0 bridgehead atoms. The lowest BCUT2D eigenvalue weighted by atomic mass is 10.5. The molecule has 96 valence electrons. The largest absolute Gasteiger partial charge is 0.361 e. The van der Waals surface area contributed by atoms with Crippen LogP contribution in [0.1, 0.15) is 5.69 Å². The van der Waals surface area contributed by atoms with Crippen molar-refractivity contribution in [2.24, 2.45) is 10.2 Å². The molecule has 0 amide bonds. The third-order valence-electron chi connectivity index (χ3n) is 2.18. The van der Waals surface area contributed by atoms with E-state index in [1.165, 1.54) is 17.5 Å². The monoisotopic (exact) mass is 273 g/mol. The van der Waals surface area contributed by atoms with E-state index in [0.717, 1.165) is 5.82 Å². The van der Waals surface area contributed by atoms with Crippen molar-refractivity contribution >= 4 is 33.1 Å². The smallest absolute Gasteiger partial charge is 0.265 e. The van der Waals surface area contributed by atoms with Gasteiger partial charge in [-0.25, -0.2) is 19.8 Å². The van der Waals surface area contributed by atoms with Crippen LogP contribution in [0, 0.1) is 13.5 Å². The fraction of sp³-hybridized carbons (Fsp3) is 0.273. The Morgan fingerprint density at radius 3 is 2.58 bits per heavy atom. The average Bonchev–Trinajstić information content (AvgIpc) is 2.77. The number of nitrogens with zero attached hydrogens (tertiary/aromatic N) is 7. The molecule has 2 aromatic heterocycles. The first kappa shape index (κ1) is 13.0. The van der Waals surface area contributed by atoms with Gasteiger partial charge in [-0.05, 0) is 6.92 Å². The van der Waals surface area contributed by atoms with Crippen LogP contribution >= 0.6 is 11.3 Å². The SMILES string of the molecule is [C-]#[N+]c1sc(N=Nc2cnc(N(C)C)cn2)nc1C. The van der Waals surface area contributed by atoms with Crippen LogP contribution in [0.5, 0.6) is 0 Å². The number of rotatable bonds is 3. The number of azo groups is 1. The van der Waals surface area contributed by atoms with Crippen molar-refractivity contribution in [3.8, 4) is 0 Å². The molecule has 2 rings (SSSR count). The Morgan fingerprint density at radius 1 is 1.26 bits per heavy atom. The zero-order valence-corrected chi connectivity index (χ0v) is 11.5. The third-order valence-corrected chi connectivity index (χ3v) is 3.12. The van der Waals surface area contributed by atoms with Gasteiger partial charge in [0, 0.05) is 14.1 Å². The van der Waals surface area contributed by atoms with Gasteiger partial charge in [-0.1, -0.05) is 0 Å². The summed E-state index contributed by atoms with van der Waals surface area (Å²) in [6.45, 7) is 8.73. The molecule has 0 radical (unpaired) electrons. The van der Waals surface area contributed by atoms with Crippen LogP contribution in [-0.2, 0) is 0 Å². The zero-order chi connectivity index (χ0) is 13.8. The van der Waals surface area contributed by atoms with Gasteiger partial charge < -0.3 is 4.90 Å². The minimum absolute atomic E-state index is 0.405. The Kier molecular flexibility index (Phi) is 3.77. The van der Waals surface area contributed by atoms with E-state index in [0.29, 0.717) is 21.6 Å². The van der Waals surface area contributed by atoms with Crippen molar-refractivity contribution in [1.29, 1.82) is 0 Å². The summed E-state index contributed by atoms with van der Waals surface area (Å²) in [5.74, 6) is 1.15. The van der Waals surface area contributed by atoms with Crippen LogP contribution in [0.4, 0.5) is 21.8 Å². The van der Waals surface area contributed by atoms with Crippen molar-refractivity contribution in [3.63, 3.8) is 0 Å². The fourth-order valence-electron chi connectivity index (χ4n) is 1.21. The first-order chi connectivity index (χ1) is 9.10. The second-order valence-corrected chi connectivity index (χ2v) is 4.78. The summed E-state index contributed by atoms with van der Waals surface area (Å²) in [4.78, 5) is 17.6. The number of aromatic nitrogens is 3. The Labute approximate surface area is 114 Å². The maximum atomic E-state index is 6.95. The van der Waals surface area contributed by atoms with Gasteiger partial charge in [0.1, 0.15) is 5.82 Å². The quantitative estimate of drug-likeness (QED) is 0.635. The van der Waals surface area contributed by atoms with Crippen LogP contribution in [-0.4, -0.2) is 29.0 Å². The maximum Gasteiger partial charge on any atom is 0.265 e. The molecule has 19 heavy (non-hydrogen) atoms. The summed E-state index contributed by atoms with van der Waals surface area (Å²) >= 11 is 1.20. The van der Waals surface area contributed by atoms with Crippen LogP contribution < -0.4 is 4.90 Å². The van der Waals surface area contributed by atoms with Crippen molar-refractivity contribution < 1.29 is 0 Å². The molecule has 0 aliphatic rings. The van der Waals surface area contributed by atoms with Gasteiger partial charge in [0.15, 0.2) is 5.82 Å². The molecule has 0 aromatic carbocycles. The van der Waals surface area contributed by atoms with Crippen molar-refractivity contribution in [2.45, 2.75) is 6.92 Å². The summed E-state index contributed by atoms with van der Waals surface area (Å²) in [5.41, 5.74) is 0.669.